The lowest BCUT2D eigenvalue weighted by molar-refractivity contribution is 0.867. The maximum Gasteiger partial charge on any atom is 0.0423 e. The summed E-state index contributed by atoms with van der Waals surface area (Å²) in [6.45, 7) is 5.37. The average Bonchev–Trinajstić information content (AvgIpc) is 2.37. The fourth-order valence-corrected chi connectivity index (χ4v) is 2.37. The van der Waals surface area contributed by atoms with E-state index in [-0.39, 0.29) is 0 Å². The summed E-state index contributed by atoms with van der Waals surface area (Å²) in [6.07, 6.45) is 4.76. The van der Waals surface area contributed by atoms with Gasteiger partial charge in [0.2, 0.25) is 0 Å². The summed E-state index contributed by atoms with van der Waals surface area (Å²) in [7, 11) is 2.16. The molecule has 0 saturated carbocycles. The Morgan fingerprint density at radius 3 is 2.22 bits per heavy atom. The SMILES string of the molecule is Cc1cccc(C)c1N(C)CCc1ccncc1. The highest BCUT2D eigenvalue weighted by atomic mass is 15.1. The molecule has 0 aliphatic heterocycles. The molecule has 0 aliphatic rings. The molecule has 0 atom stereocenters. The van der Waals surface area contributed by atoms with Crippen molar-refractivity contribution in [3.63, 3.8) is 0 Å². The summed E-state index contributed by atoms with van der Waals surface area (Å²) in [5.41, 5.74) is 5.37. The maximum atomic E-state index is 4.05. The van der Waals surface area contributed by atoms with Gasteiger partial charge in [0.15, 0.2) is 0 Å². The van der Waals surface area contributed by atoms with Crippen LogP contribution < -0.4 is 4.90 Å². The Morgan fingerprint density at radius 2 is 1.61 bits per heavy atom. The molecule has 1 aromatic carbocycles. The number of likely N-dealkylation sites (N-methyl/N-ethyl adjacent to an activating group) is 1. The van der Waals surface area contributed by atoms with E-state index in [9.17, 15) is 0 Å². The predicted molar refractivity (Wildman–Crippen MR) is 77.1 cm³/mol. The van der Waals surface area contributed by atoms with Crippen LogP contribution in [0.4, 0.5) is 5.69 Å². The van der Waals surface area contributed by atoms with E-state index in [4.69, 9.17) is 0 Å². The first-order valence-electron chi connectivity index (χ1n) is 6.35. The largest absolute Gasteiger partial charge is 0.374 e. The maximum absolute atomic E-state index is 4.05. The first kappa shape index (κ1) is 12.6. The number of benzene rings is 1. The summed E-state index contributed by atoms with van der Waals surface area (Å²) < 4.78 is 0. The molecule has 2 aromatic rings. The lowest BCUT2D eigenvalue weighted by Crippen LogP contribution is -2.22. The van der Waals surface area contributed by atoms with E-state index in [0.717, 1.165) is 13.0 Å². The molecule has 94 valence electrons. The van der Waals surface area contributed by atoms with Gasteiger partial charge in [0.05, 0.1) is 0 Å². The van der Waals surface area contributed by atoms with Crippen molar-refractivity contribution in [3.8, 4) is 0 Å². The number of nitrogens with zero attached hydrogens (tertiary/aromatic N) is 2. The van der Waals surface area contributed by atoms with Crippen molar-refractivity contribution < 1.29 is 0 Å². The van der Waals surface area contributed by atoms with E-state index in [1.807, 2.05) is 12.4 Å². The second kappa shape index (κ2) is 5.67. The van der Waals surface area contributed by atoms with Crippen molar-refractivity contribution in [2.24, 2.45) is 0 Å². The van der Waals surface area contributed by atoms with E-state index in [1.165, 1.54) is 22.4 Å². The predicted octanol–water partition coefficient (Wildman–Crippen LogP) is 3.38. The van der Waals surface area contributed by atoms with Gasteiger partial charge in [-0.2, -0.15) is 0 Å². The Morgan fingerprint density at radius 1 is 1.00 bits per heavy atom. The molecular weight excluding hydrogens is 220 g/mol. The highest BCUT2D eigenvalue weighted by Gasteiger charge is 2.07. The zero-order valence-electron chi connectivity index (χ0n) is 11.4. The first-order valence-corrected chi connectivity index (χ1v) is 6.35. The van der Waals surface area contributed by atoms with Gasteiger partial charge in [-0.1, -0.05) is 18.2 Å². The fraction of sp³-hybridized carbons (Fsp3) is 0.312. The van der Waals surface area contributed by atoms with E-state index in [0.29, 0.717) is 0 Å². The smallest absolute Gasteiger partial charge is 0.0423 e. The second-order valence-corrected chi connectivity index (χ2v) is 4.77. The average molecular weight is 240 g/mol. The molecule has 0 saturated heterocycles. The minimum atomic E-state index is 1.02. The molecule has 0 unspecified atom stereocenters. The van der Waals surface area contributed by atoms with Crippen LogP contribution in [0, 0.1) is 13.8 Å². The van der Waals surface area contributed by atoms with Gasteiger partial charge in [0.1, 0.15) is 0 Å². The highest BCUT2D eigenvalue weighted by Crippen LogP contribution is 2.23. The van der Waals surface area contributed by atoms with Crippen LogP contribution >= 0.6 is 0 Å². The zero-order valence-corrected chi connectivity index (χ0v) is 11.4. The van der Waals surface area contributed by atoms with Crippen LogP contribution in [0.5, 0.6) is 0 Å². The minimum Gasteiger partial charge on any atom is -0.374 e. The van der Waals surface area contributed by atoms with E-state index in [1.54, 1.807) is 0 Å². The number of aromatic nitrogens is 1. The third-order valence-electron chi connectivity index (χ3n) is 3.31. The zero-order chi connectivity index (χ0) is 13.0. The Bertz CT molecular complexity index is 486. The highest BCUT2D eigenvalue weighted by molar-refractivity contribution is 5.58. The Balaban J connectivity index is 2.06. The van der Waals surface area contributed by atoms with Gasteiger partial charge in [-0.05, 0) is 49.1 Å². The number of anilines is 1. The lowest BCUT2D eigenvalue weighted by atomic mass is 10.1. The van der Waals surface area contributed by atoms with Crippen molar-refractivity contribution >= 4 is 5.69 Å². The van der Waals surface area contributed by atoms with Crippen LogP contribution in [0.1, 0.15) is 16.7 Å². The van der Waals surface area contributed by atoms with Crippen LogP contribution in [0.15, 0.2) is 42.7 Å². The van der Waals surface area contributed by atoms with Crippen molar-refractivity contribution in [1.82, 2.24) is 4.98 Å². The van der Waals surface area contributed by atoms with Crippen LogP contribution in [-0.4, -0.2) is 18.6 Å². The van der Waals surface area contributed by atoms with E-state index in [2.05, 4.69) is 61.1 Å². The first-order chi connectivity index (χ1) is 8.68. The van der Waals surface area contributed by atoms with Gasteiger partial charge >= 0.3 is 0 Å². The molecule has 0 N–H and O–H groups in total. The molecule has 2 rings (SSSR count). The standard InChI is InChI=1S/C16H20N2/c1-13-5-4-6-14(2)16(13)18(3)12-9-15-7-10-17-11-8-15/h4-8,10-11H,9,12H2,1-3H3. The van der Waals surface area contributed by atoms with Crippen LogP contribution in [0.25, 0.3) is 0 Å². The quantitative estimate of drug-likeness (QED) is 0.814. The number of hydrogen-bond acceptors (Lipinski definition) is 2. The van der Waals surface area contributed by atoms with E-state index >= 15 is 0 Å². The molecule has 0 spiro atoms. The molecule has 1 aromatic heterocycles. The molecule has 0 radical (unpaired) electrons. The molecule has 0 bridgehead atoms. The molecule has 0 fully saturated rings. The summed E-state index contributed by atoms with van der Waals surface area (Å²) in [6, 6.07) is 10.6. The molecule has 1 heterocycles. The van der Waals surface area contributed by atoms with Crippen molar-refractivity contribution in [2.45, 2.75) is 20.3 Å². The molecule has 0 amide bonds. The number of aryl methyl sites for hydroxylation is 2. The molecule has 18 heavy (non-hydrogen) atoms. The van der Waals surface area contributed by atoms with Gasteiger partial charge in [-0.15, -0.1) is 0 Å². The third-order valence-corrected chi connectivity index (χ3v) is 3.31. The monoisotopic (exact) mass is 240 g/mol. The van der Waals surface area contributed by atoms with Crippen LogP contribution in [0.2, 0.25) is 0 Å². The normalized spacial score (nSPS) is 10.4. The number of hydrogen-bond donors (Lipinski definition) is 0. The van der Waals surface area contributed by atoms with Crippen molar-refractivity contribution in [1.29, 1.82) is 0 Å². The van der Waals surface area contributed by atoms with Gasteiger partial charge in [-0.3, -0.25) is 4.98 Å². The summed E-state index contributed by atoms with van der Waals surface area (Å²) >= 11 is 0. The number of rotatable bonds is 4. The van der Waals surface area contributed by atoms with Gasteiger partial charge in [0, 0.05) is 31.7 Å². The van der Waals surface area contributed by atoms with Gasteiger partial charge < -0.3 is 4.90 Å². The van der Waals surface area contributed by atoms with Crippen LogP contribution in [-0.2, 0) is 6.42 Å². The molecular formula is C16H20N2. The Hall–Kier alpha value is -1.83. The fourth-order valence-electron chi connectivity index (χ4n) is 2.37. The van der Waals surface area contributed by atoms with Crippen LogP contribution in [0.3, 0.4) is 0 Å². The van der Waals surface area contributed by atoms with Crippen molar-refractivity contribution in [3.05, 3.63) is 59.4 Å². The number of para-hydroxylation sites is 1. The molecule has 0 aliphatic carbocycles. The summed E-state index contributed by atoms with van der Waals surface area (Å²) in [4.78, 5) is 6.38. The van der Waals surface area contributed by atoms with Gasteiger partial charge in [-0.25, -0.2) is 0 Å². The second-order valence-electron chi connectivity index (χ2n) is 4.77. The third kappa shape index (κ3) is 2.89. The summed E-state index contributed by atoms with van der Waals surface area (Å²) in [5.74, 6) is 0. The van der Waals surface area contributed by atoms with Gasteiger partial charge in [0.25, 0.3) is 0 Å². The Labute approximate surface area is 109 Å². The summed E-state index contributed by atoms with van der Waals surface area (Å²) in [5, 5.41) is 0. The molecule has 2 heteroatoms. The number of pyridine rings is 1. The lowest BCUT2D eigenvalue weighted by Gasteiger charge is -2.23. The topological polar surface area (TPSA) is 16.1 Å². The molecule has 2 nitrogen and oxygen atoms in total. The Kier molecular flexibility index (Phi) is 3.98. The van der Waals surface area contributed by atoms with Crippen molar-refractivity contribution in [2.75, 3.05) is 18.5 Å². The van der Waals surface area contributed by atoms with E-state index < -0.39 is 0 Å². The minimum absolute atomic E-state index is 1.02.